The quantitative estimate of drug-likeness (QED) is 0.220. The Kier molecular flexibility index (Phi) is 9.78. The van der Waals surface area contributed by atoms with Gasteiger partial charge in [-0.25, -0.2) is 4.79 Å². The lowest BCUT2D eigenvalue weighted by molar-refractivity contribution is -0.384. The van der Waals surface area contributed by atoms with Crippen LogP contribution in [0.2, 0.25) is 0 Å². The Balaban J connectivity index is 1.53. The van der Waals surface area contributed by atoms with Crippen LogP contribution in [0, 0.1) is 10.1 Å². The summed E-state index contributed by atoms with van der Waals surface area (Å²) in [6, 6.07) is 21.7. The van der Waals surface area contributed by atoms with E-state index in [-0.39, 0.29) is 18.2 Å². The summed E-state index contributed by atoms with van der Waals surface area (Å²) >= 11 is 0. The molecule has 0 spiro atoms. The number of non-ortho nitro benzene ring substituents is 1. The number of nitrogens with one attached hydrogen (secondary N) is 2. The molecular weight excluding hydrogens is 464 g/mol. The van der Waals surface area contributed by atoms with Crippen molar-refractivity contribution < 1.29 is 24.0 Å². The van der Waals surface area contributed by atoms with Crippen LogP contribution in [0.25, 0.3) is 0 Å². The Bertz CT molecular complexity index is 1140. The Morgan fingerprint density at radius 3 is 2.31 bits per heavy atom. The van der Waals surface area contributed by atoms with Crippen LogP contribution in [0.3, 0.4) is 0 Å². The molecule has 0 atom stereocenters. The normalized spacial score (nSPS) is 10.4. The molecule has 10 heteroatoms. The molecule has 2 N–H and O–H groups in total. The first-order chi connectivity index (χ1) is 17.5. The second kappa shape index (κ2) is 13.4. The molecular formula is C26H28N4O6. The topological polar surface area (TPSA) is 123 Å². The minimum atomic E-state index is -0.504. The molecule has 10 nitrogen and oxygen atoms in total. The van der Waals surface area contributed by atoms with E-state index in [9.17, 15) is 19.7 Å². The number of nitrogens with zero attached hydrogens (tertiary/aromatic N) is 2. The molecule has 0 fully saturated rings. The van der Waals surface area contributed by atoms with Gasteiger partial charge in [-0.05, 0) is 48.4 Å². The molecule has 0 aliphatic heterocycles. The van der Waals surface area contributed by atoms with Gasteiger partial charge in [-0.1, -0.05) is 30.3 Å². The number of ether oxygens (including phenoxy) is 2. The summed E-state index contributed by atoms with van der Waals surface area (Å²) in [6.45, 7) is 0.960. The number of hydrogen-bond acceptors (Lipinski definition) is 6. The van der Waals surface area contributed by atoms with Gasteiger partial charge in [0, 0.05) is 36.6 Å². The highest BCUT2D eigenvalue weighted by atomic mass is 16.6. The third-order valence-corrected chi connectivity index (χ3v) is 5.18. The average molecular weight is 493 g/mol. The molecule has 0 aliphatic rings. The minimum absolute atomic E-state index is 0.0578. The molecule has 3 rings (SSSR count). The van der Waals surface area contributed by atoms with E-state index in [1.807, 2.05) is 30.3 Å². The number of benzene rings is 3. The first kappa shape index (κ1) is 26.2. The summed E-state index contributed by atoms with van der Waals surface area (Å²) in [5.41, 5.74) is 1.98. The number of anilines is 2. The maximum absolute atomic E-state index is 13.0. The van der Waals surface area contributed by atoms with Crippen molar-refractivity contribution in [1.29, 1.82) is 0 Å². The predicted octanol–water partition coefficient (Wildman–Crippen LogP) is 4.37. The molecule has 0 aromatic heterocycles. The van der Waals surface area contributed by atoms with Crippen molar-refractivity contribution in [1.82, 2.24) is 5.32 Å². The Morgan fingerprint density at radius 2 is 1.67 bits per heavy atom. The van der Waals surface area contributed by atoms with Crippen LogP contribution in [0.15, 0.2) is 78.9 Å². The van der Waals surface area contributed by atoms with E-state index in [4.69, 9.17) is 9.47 Å². The largest absolute Gasteiger partial charge is 0.497 e. The minimum Gasteiger partial charge on any atom is -0.497 e. The lowest BCUT2D eigenvalue weighted by Gasteiger charge is -2.23. The van der Waals surface area contributed by atoms with Crippen LogP contribution >= 0.6 is 0 Å². The summed E-state index contributed by atoms with van der Waals surface area (Å²) in [5, 5.41) is 16.4. The zero-order valence-electron chi connectivity index (χ0n) is 19.9. The van der Waals surface area contributed by atoms with Crippen molar-refractivity contribution in [3.8, 4) is 5.75 Å². The molecule has 188 valence electrons. The number of carbonyl (C=O) groups is 2. The molecule has 0 radical (unpaired) electrons. The Labute approximate surface area is 209 Å². The zero-order chi connectivity index (χ0) is 25.8. The number of rotatable bonds is 12. The van der Waals surface area contributed by atoms with E-state index in [1.165, 1.54) is 29.2 Å². The third-order valence-electron chi connectivity index (χ3n) is 5.18. The maximum atomic E-state index is 13.0. The summed E-state index contributed by atoms with van der Waals surface area (Å²) in [4.78, 5) is 37.0. The fourth-order valence-corrected chi connectivity index (χ4v) is 3.32. The van der Waals surface area contributed by atoms with Crippen molar-refractivity contribution in [2.45, 2.75) is 13.0 Å². The number of urea groups is 1. The number of hydrogen-bond donors (Lipinski definition) is 2. The Morgan fingerprint density at radius 1 is 0.972 bits per heavy atom. The SMILES string of the molecule is COc1ccc(N(CCCNC(=O)COCc2ccccc2)C(=O)Nc2ccc([N+](=O)[O-])cc2)cc1. The summed E-state index contributed by atoms with van der Waals surface area (Å²) in [7, 11) is 1.56. The Hall–Kier alpha value is -4.44. The number of nitro benzene ring substituents is 1. The molecule has 0 bridgehead atoms. The number of amides is 3. The number of carbonyl (C=O) groups excluding carboxylic acids is 2. The fraction of sp³-hybridized carbons (Fsp3) is 0.231. The van der Waals surface area contributed by atoms with Crippen molar-refractivity contribution in [3.05, 3.63) is 94.5 Å². The van der Waals surface area contributed by atoms with Crippen LogP contribution in [0.5, 0.6) is 5.75 Å². The van der Waals surface area contributed by atoms with Gasteiger partial charge in [0.05, 0.1) is 18.6 Å². The van der Waals surface area contributed by atoms with Gasteiger partial charge in [0.2, 0.25) is 5.91 Å². The second-order valence-corrected chi connectivity index (χ2v) is 7.77. The molecule has 3 aromatic carbocycles. The van der Waals surface area contributed by atoms with Gasteiger partial charge in [0.15, 0.2) is 0 Å². The van der Waals surface area contributed by atoms with Gasteiger partial charge in [0.1, 0.15) is 12.4 Å². The summed E-state index contributed by atoms with van der Waals surface area (Å²) in [6.07, 6.45) is 0.490. The van der Waals surface area contributed by atoms with Crippen LogP contribution in [-0.4, -0.2) is 43.7 Å². The van der Waals surface area contributed by atoms with Crippen LogP contribution < -0.4 is 20.3 Å². The lowest BCUT2D eigenvalue weighted by atomic mass is 10.2. The van der Waals surface area contributed by atoms with Crippen molar-refractivity contribution in [2.75, 3.05) is 37.0 Å². The van der Waals surface area contributed by atoms with Gasteiger partial charge < -0.3 is 20.1 Å². The van der Waals surface area contributed by atoms with Crippen LogP contribution in [-0.2, 0) is 16.1 Å². The third kappa shape index (κ3) is 8.10. The van der Waals surface area contributed by atoms with Crippen LogP contribution in [0.4, 0.5) is 21.9 Å². The van der Waals surface area contributed by atoms with E-state index in [1.54, 1.807) is 31.4 Å². The zero-order valence-corrected chi connectivity index (χ0v) is 19.9. The van der Waals surface area contributed by atoms with E-state index < -0.39 is 11.0 Å². The first-order valence-electron chi connectivity index (χ1n) is 11.3. The molecule has 0 aliphatic carbocycles. The average Bonchev–Trinajstić information content (AvgIpc) is 2.89. The van der Waals surface area contributed by atoms with Crippen molar-refractivity contribution in [3.63, 3.8) is 0 Å². The van der Waals surface area contributed by atoms with Gasteiger partial charge in [-0.2, -0.15) is 0 Å². The number of methoxy groups -OCH3 is 1. The highest BCUT2D eigenvalue weighted by molar-refractivity contribution is 6.01. The van der Waals surface area contributed by atoms with Crippen molar-refractivity contribution >= 4 is 29.0 Å². The lowest BCUT2D eigenvalue weighted by Crippen LogP contribution is -2.37. The van der Waals surface area contributed by atoms with Gasteiger partial charge >= 0.3 is 6.03 Å². The van der Waals surface area contributed by atoms with Gasteiger partial charge in [-0.3, -0.25) is 19.8 Å². The van der Waals surface area contributed by atoms with Gasteiger partial charge in [0.25, 0.3) is 5.69 Å². The predicted molar refractivity (Wildman–Crippen MR) is 136 cm³/mol. The standard InChI is InChI=1S/C26H28N4O6/c1-35-24-14-12-22(13-15-24)29(26(32)28-21-8-10-23(11-9-21)30(33)34)17-5-16-27-25(31)19-36-18-20-6-3-2-4-7-20/h2-4,6-15H,5,16-19H2,1H3,(H,27,31)(H,28,32). The van der Waals surface area contributed by atoms with E-state index in [0.29, 0.717) is 43.2 Å². The molecule has 36 heavy (non-hydrogen) atoms. The number of nitro groups is 1. The fourth-order valence-electron chi connectivity index (χ4n) is 3.32. The van der Waals surface area contributed by atoms with Crippen molar-refractivity contribution in [2.24, 2.45) is 0 Å². The molecule has 3 aromatic rings. The second-order valence-electron chi connectivity index (χ2n) is 7.77. The summed E-state index contributed by atoms with van der Waals surface area (Å²) < 4.78 is 10.6. The molecule has 0 saturated heterocycles. The first-order valence-corrected chi connectivity index (χ1v) is 11.3. The molecule has 3 amide bonds. The highest BCUT2D eigenvalue weighted by Gasteiger charge is 2.17. The van der Waals surface area contributed by atoms with E-state index >= 15 is 0 Å². The van der Waals surface area contributed by atoms with E-state index in [2.05, 4.69) is 10.6 Å². The highest BCUT2D eigenvalue weighted by Crippen LogP contribution is 2.21. The summed E-state index contributed by atoms with van der Waals surface area (Å²) in [5.74, 6) is 0.412. The smallest absolute Gasteiger partial charge is 0.326 e. The molecule has 0 unspecified atom stereocenters. The molecule has 0 heterocycles. The maximum Gasteiger partial charge on any atom is 0.326 e. The monoisotopic (exact) mass is 492 g/mol. The van der Waals surface area contributed by atoms with Gasteiger partial charge in [-0.15, -0.1) is 0 Å². The van der Waals surface area contributed by atoms with Crippen LogP contribution in [0.1, 0.15) is 12.0 Å². The molecule has 0 saturated carbocycles. The van der Waals surface area contributed by atoms with E-state index in [0.717, 1.165) is 5.56 Å².